The van der Waals surface area contributed by atoms with Crippen molar-refractivity contribution in [3.8, 4) is 11.3 Å². The fourth-order valence-corrected chi connectivity index (χ4v) is 3.46. The Morgan fingerprint density at radius 1 is 0.821 bits per heavy atom. The van der Waals surface area contributed by atoms with Crippen molar-refractivity contribution >= 4 is 64.3 Å². The molecular formula is C20H9Cl4NO3. The standard InChI is InChI=1S/C20H9Cl4NO3/c21-10-2-5-15(23)14(7-10)18-6-3-12(27-18)9-17-20(26)28-19(25-17)13-4-1-11(22)8-16(13)24/h1-9H/b17-9-. The number of hydrogen-bond donors (Lipinski definition) is 0. The zero-order chi connectivity index (χ0) is 19.8. The van der Waals surface area contributed by atoms with Crippen molar-refractivity contribution in [1.29, 1.82) is 0 Å². The fourth-order valence-electron chi connectivity index (χ4n) is 2.58. The number of rotatable bonds is 3. The minimum Gasteiger partial charge on any atom is -0.457 e. The first kappa shape index (κ1) is 19.1. The lowest BCUT2D eigenvalue weighted by Crippen LogP contribution is -2.05. The maximum atomic E-state index is 12.2. The molecule has 0 atom stereocenters. The van der Waals surface area contributed by atoms with Gasteiger partial charge in [-0.15, -0.1) is 0 Å². The Morgan fingerprint density at radius 3 is 2.36 bits per heavy atom. The molecule has 1 aromatic heterocycles. The van der Waals surface area contributed by atoms with E-state index in [0.717, 1.165) is 0 Å². The maximum Gasteiger partial charge on any atom is 0.363 e. The van der Waals surface area contributed by atoms with Crippen LogP contribution >= 0.6 is 46.4 Å². The number of ether oxygens (including phenoxy) is 1. The molecule has 0 N–H and O–H groups in total. The molecule has 4 nitrogen and oxygen atoms in total. The molecule has 1 aliphatic heterocycles. The SMILES string of the molecule is O=C1OC(c2ccc(Cl)cc2Cl)=N/C1=C\c1ccc(-c2cc(Cl)ccc2Cl)o1. The van der Waals surface area contributed by atoms with Gasteiger partial charge in [0.15, 0.2) is 5.70 Å². The minimum absolute atomic E-state index is 0.0825. The summed E-state index contributed by atoms with van der Waals surface area (Å²) in [5.74, 6) is 0.406. The van der Waals surface area contributed by atoms with Crippen LogP contribution in [0.2, 0.25) is 20.1 Å². The highest BCUT2D eigenvalue weighted by atomic mass is 35.5. The van der Waals surface area contributed by atoms with Crippen LogP contribution in [-0.4, -0.2) is 11.9 Å². The van der Waals surface area contributed by atoms with Gasteiger partial charge >= 0.3 is 5.97 Å². The number of carbonyl (C=O) groups is 1. The third-order valence-electron chi connectivity index (χ3n) is 3.88. The zero-order valence-corrected chi connectivity index (χ0v) is 16.9. The van der Waals surface area contributed by atoms with Crippen molar-refractivity contribution in [2.75, 3.05) is 0 Å². The first-order valence-electron chi connectivity index (χ1n) is 7.94. The van der Waals surface area contributed by atoms with Crippen molar-refractivity contribution in [2.45, 2.75) is 0 Å². The molecule has 140 valence electrons. The van der Waals surface area contributed by atoms with E-state index >= 15 is 0 Å². The Kier molecular flexibility index (Phi) is 5.21. The van der Waals surface area contributed by atoms with Crippen molar-refractivity contribution < 1.29 is 13.9 Å². The van der Waals surface area contributed by atoms with E-state index < -0.39 is 5.97 Å². The van der Waals surface area contributed by atoms with E-state index in [4.69, 9.17) is 55.6 Å². The van der Waals surface area contributed by atoms with Crippen LogP contribution < -0.4 is 0 Å². The maximum absolute atomic E-state index is 12.2. The normalized spacial score (nSPS) is 15.1. The second-order valence-electron chi connectivity index (χ2n) is 5.79. The third-order valence-corrected chi connectivity index (χ3v) is 4.99. The van der Waals surface area contributed by atoms with Crippen molar-refractivity contribution in [3.05, 3.63) is 85.6 Å². The van der Waals surface area contributed by atoms with Crippen LogP contribution in [0, 0.1) is 0 Å². The molecule has 0 saturated carbocycles. The minimum atomic E-state index is -0.611. The molecule has 0 unspecified atom stereocenters. The summed E-state index contributed by atoms with van der Waals surface area (Å²) in [6, 6.07) is 13.3. The first-order valence-corrected chi connectivity index (χ1v) is 9.45. The van der Waals surface area contributed by atoms with Crippen LogP contribution in [0.15, 0.2) is 63.6 Å². The molecule has 3 aromatic rings. The van der Waals surface area contributed by atoms with Gasteiger partial charge in [-0.05, 0) is 48.5 Å². The second kappa shape index (κ2) is 7.64. The Hall–Kier alpha value is -2.24. The molecular weight excluding hydrogens is 444 g/mol. The number of cyclic esters (lactones) is 1. The van der Waals surface area contributed by atoms with Gasteiger partial charge in [0.05, 0.1) is 15.6 Å². The van der Waals surface area contributed by atoms with E-state index in [1.165, 1.54) is 6.08 Å². The van der Waals surface area contributed by atoms with E-state index in [2.05, 4.69) is 4.99 Å². The molecule has 0 fully saturated rings. The van der Waals surface area contributed by atoms with Crippen LogP contribution in [-0.2, 0) is 9.53 Å². The second-order valence-corrected chi connectivity index (χ2v) is 7.47. The van der Waals surface area contributed by atoms with Crippen LogP contribution in [0.5, 0.6) is 0 Å². The topological polar surface area (TPSA) is 51.8 Å². The monoisotopic (exact) mass is 451 g/mol. The Bertz CT molecular complexity index is 1160. The number of aliphatic imine (C=N–C) groups is 1. The summed E-state index contributed by atoms with van der Waals surface area (Å²) in [5.41, 5.74) is 1.19. The zero-order valence-electron chi connectivity index (χ0n) is 13.9. The summed E-state index contributed by atoms with van der Waals surface area (Å²) < 4.78 is 11.0. The number of hydrogen-bond acceptors (Lipinski definition) is 4. The van der Waals surface area contributed by atoms with E-state index in [9.17, 15) is 4.79 Å². The molecule has 1 aliphatic rings. The molecule has 0 saturated heterocycles. The Morgan fingerprint density at radius 2 is 1.57 bits per heavy atom. The summed E-state index contributed by atoms with van der Waals surface area (Å²) >= 11 is 24.2. The summed E-state index contributed by atoms with van der Waals surface area (Å²) in [5, 5.41) is 1.83. The number of halogens is 4. The van der Waals surface area contributed by atoms with Gasteiger partial charge in [-0.1, -0.05) is 46.4 Å². The van der Waals surface area contributed by atoms with Crippen molar-refractivity contribution in [1.82, 2.24) is 0 Å². The quantitative estimate of drug-likeness (QED) is 0.320. The lowest BCUT2D eigenvalue weighted by atomic mass is 10.2. The number of furan rings is 1. The number of esters is 1. The van der Waals surface area contributed by atoms with E-state index in [1.807, 2.05) is 0 Å². The molecule has 2 aromatic carbocycles. The molecule has 4 rings (SSSR count). The molecule has 0 spiro atoms. The lowest BCUT2D eigenvalue weighted by Gasteiger charge is -2.02. The molecule has 0 radical (unpaired) electrons. The van der Waals surface area contributed by atoms with Crippen LogP contribution in [0.25, 0.3) is 17.4 Å². The van der Waals surface area contributed by atoms with Gasteiger partial charge in [-0.2, -0.15) is 0 Å². The highest BCUT2D eigenvalue weighted by molar-refractivity contribution is 6.37. The fraction of sp³-hybridized carbons (Fsp3) is 0. The highest BCUT2D eigenvalue weighted by Crippen LogP contribution is 2.33. The van der Waals surface area contributed by atoms with Crippen LogP contribution in [0.1, 0.15) is 11.3 Å². The van der Waals surface area contributed by atoms with Gasteiger partial charge in [0.2, 0.25) is 5.90 Å². The largest absolute Gasteiger partial charge is 0.457 e. The molecule has 0 aliphatic carbocycles. The van der Waals surface area contributed by atoms with Gasteiger partial charge in [0.25, 0.3) is 0 Å². The summed E-state index contributed by atoms with van der Waals surface area (Å²) in [4.78, 5) is 16.4. The van der Waals surface area contributed by atoms with Crippen LogP contribution in [0.4, 0.5) is 0 Å². The van der Waals surface area contributed by atoms with E-state index in [-0.39, 0.29) is 11.6 Å². The van der Waals surface area contributed by atoms with Crippen LogP contribution in [0.3, 0.4) is 0 Å². The smallest absolute Gasteiger partial charge is 0.363 e. The van der Waals surface area contributed by atoms with E-state index in [0.29, 0.717) is 42.7 Å². The Balaban J connectivity index is 1.66. The molecule has 8 heteroatoms. The average molecular weight is 453 g/mol. The lowest BCUT2D eigenvalue weighted by molar-refractivity contribution is -0.129. The first-order chi connectivity index (χ1) is 13.4. The number of nitrogens with zero attached hydrogens (tertiary/aromatic N) is 1. The van der Waals surface area contributed by atoms with Crippen molar-refractivity contribution in [3.63, 3.8) is 0 Å². The predicted octanol–water partition coefficient (Wildman–Crippen LogP) is 6.90. The van der Waals surface area contributed by atoms with E-state index in [1.54, 1.807) is 48.5 Å². The predicted molar refractivity (Wildman–Crippen MR) is 111 cm³/mol. The summed E-state index contributed by atoms with van der Waals surface area (Å²) in [6.07, 6.45) is 1.47. The number of benzene rings is 2. The molecule has 0 bridgehead atoms. The van der Waals surface area contributed by atoms with Gasteiger partial charge in [0.1, 0.15) is 11.5 Å². The summed E-state index contributed by atoms with van der Waals surface area (Å²) in [6.45, 7) is 0. The average Bonchev–Trinajstić information content (AvgIpc) is 3.24. The summed E-state index contributed by atoms with van der Waals surface area (Å²) in [7, 11) is 0. The third kappa shape index (κ3) is 3.82. The number of carbonyl (C=O) groups excluding carboxylic acids is 1. The van der Waals surface area contributed by atoms with Gasteiger partial charge < -0.3 is 9.15 Å². The molecule has 0 amide bonds. The molecule has 2 heterocycles. The van der Waals surface area contributed by atoms with Gasteiger partial charge in [0, 0.05) is 21.7 Å². The van der Waals surface area contributed by atoms with Gasteiger partial charge in [-0.3, -0.25) is 0 Å². The Labute approximate surface area is 179 Å². The van der Waals surface area contributed by atoms with Crippen molar-refractivity contribution in [2.24, 2.45) is 4.99 Å². The molecule has 28 heavy (non-hydrogen) atoms. The van der Waals surface area contributed by atoms with Gasteiger partial charge in [-0.25, -0.2) is 9.79 Å². The highest BCUT2D eigenvalue weighted by Gasteiger charge is 2.26.